The van der Waals surface area contributed by atoms with Crippen LogP contribution in [0.4, 0.5) is 5.69 Å². The Kier molecular flexibility index (Phi) is 6.69. The number of rotatable bonds is 6. The van der Waals surface area contributed by atoms with Crippen molar-refractivity contribution in [1.82, 2.24) is 0 Å². The van der Waals surface area contributed by atoms with Gasteiger partial charge in [0.05, 0.1) is 0 Å². The van der Waals surface area contributed by atoms with Crippen molar-refractivity contribution >= 4 is 41.0 Å². The number of aryl methyl sites for hydroxylation is 1. The molecule has 0 heterocycles. The van der Waals surface area contributed by atoms with Gasteiger partial charge in [-0.25, -0.2) is 4.79 Å². The lowest BCUT2D eigenvalue weighted by Crippen LogP contribution is -2.13. The van der Waals surface area contributed by atoms with Crippen molar-refractivity contribution in [2.45, 2.75) is 13.8 Å². The first kappa shape index (κ1) is 19.4. The van der Waals surface area contributed by atoms with E-state index < -0.39 is 5.97 Å². The number of ketones is 1. The second kappa shape index (κ2) is 8.97. The summed E-state index contributed by atoms with van der Waals surface area (Å²) in [5, 5.41) is 3.22. The Labute approximate surface area is 156 Å². The molecule has 0 saturated heterocycles. The monoisotopic (exact) mass is 371 g/mol. The minimum atomic E-state index is -0.620. The molecule has 6 heteroatoms. The van der Waals surface area contributed by atoms with Gasteiger partial charge in [0.2, 0.25) is 5.91 Å². The molecule has 0 aliphatic rings. The summed E-state index contributed by atoms with van der Waals surface area (Å²) in [7, 11) is 0. The fourth-order valence-electron chi connectivity index (χ4n) is 2.09. The van der Waals surface area contributed by atoms with E-state index in [2.05, 4.69) is 5.32 Å². The molecule has 0 spiro atoms. The zero-order valence-corrected chi connectivity index (χ0v) is 15.2. The van der Waals surface area contributed by atoms with E-state index >= 15 is 0 Å². The van der Waals surface area contributed by atoms with Crippen LogP contribution >= 0.6 is 11.6 Å². The Balaban J connectivity index is 1.87. The SMILES string of the molecule is CC(=O)Nc1ccc(C(=O)COC(=O)/C=C/c2ccc(C)c(Cl)c2)cc1. The largest absolute Gasteiger partial charge is 0.454 e. The molecule has 0 radical (unpaired) electrons. The lowest BCUT2D eigenvalue weighted by Gasteiger charge is -2.04. The molecular formula is C20H18ClNO4. The lowest BCUT2D eigenvalue weighted by molar-refractivity contribution is -0.136. The summed E-state index contributed by atoms with van der Waals surface area (Å²) in [6.07, 6.45) is 2.81. The molecule has 0 aliphatic heterocycles. The van der Waals surface area contributed by atoms with Crippen molar-refractivity contribution < 1.29 is 19.1 Å². The number of benzene rings is 2. The van der Waals surface area contributed by atoms with Crippen LogP contribution in [-0.4, -0.2) is 24.3 Å². The molecule has 0 unspecified atom stereocenters. The summed E-state index contributed by atoms with van der Waals surface area (Å²) in [6.45, 7) is 2.92. The Morgan fingerprint density at radius 2 is 1.81 bits per heavy atom. The molecule has 0 fully saturated rings. The zero-order valence-electron chi connectivity index (χ0n) is 14.4. The van der Waals surface area contributed by atoms with Gasteiger partial charge in [0.1, 0.15) is 0 Å². The van der Waals surface area contributed by atoms with Crippen molar-refractivity contribution in [3.05, 3.63) is 70.3 Å². The van der Waals surface area contributed by atoms with E-state index in [9.17, 15) is 14.4 Å². The third-order valence-corrected chi connectivity index (χ3v) is 3.89. The fourth-order valence-corrected chi connectivity index (χ4v) is 2.28. The van der Waals surface area contributed by atoms with Crippen molar-refractivity contribution in [2.24, 2.45) is 0 Å². The number of halogens is 1. The predicted molar refractivity (Wildman–Crippen MR) is 101 cm³/mol. The molecule has 0 aliphatic carbocycles. The highest BCUT2D eigenvalue weighted by Gasteiger charge is 2.09. The van der Waals surface area contributed by atoms with Gasteiger partial charge in [0, 0.05) is 29.3 Å². The van der Waals surface area contributed by atoms with Crippen LogP contribution in [-0.2, 0) is 14.3 Å². The second-order valence-electron chi connectivity index (χ2n) is 5.63. The Bertz CT molecular complexity index is 857. The lowest BCUT2D eigenvalue weighted by atomic mass is 10.1. The smallest absolute Gasteiger partial charge is 0.331 e. The molecule has 2 aromatic carbocycles. The van der Waals surface area contributed by atoms with Gasteiger partial charge >= 0.3 is 5.97 Å². The highest BCUT2D eigenvalue weighted by molar-refractivity contribution is 6.31. The van der Waals surface area contributed by atoms with E-state index in [1.165, 1.54) is 13.0 Å². The number of hydrogen-bond acceptors (Lipinski definition) is 4. The molecular weight excluding hydrogens is 354 g/mol. The summed E-state index contributed by atoms with van der Waals surface area (Å²) < 4.78 is 4.95. The number of hydrogen-bond donors (Lipinski definition) is 1. The molecule has 0 aromatic heterocycles. The van der Waals surface area contributed by atoms with Crippen molar-refractivity contribution in [2.75, 3.05) is 11.9 Å². The second-order valence-corrected chi connectivity index (χ2v) is 6.04. The zero-order chi connectivity index (χ0) is 19.1. The van der Waals surface area contributed by atoms with Gasteiger partial charge in [-0.05, 0) is 54.5 Å². The molecule has 0 atom stereocenters. The number of carbonyl (C=O) groups is 3. The molecule has 1 N–H and O–H groups in total. The summed E-state index contributed by atoms with van der Waals surface area (Å²) in [6, 6.07) is 11.8. The van der Waals surface area contributed by atoms with E-state index in [0.29, 0.717) is 16.3 Å². The van der Waals surface area contributed by atoms with Gasteiger partial charge < -0.3 is 10.1 Å². The first-order chi connectivity index (χ1) is 12.3. The number of nitrogens with one attached hydrogen (secondary N) is 1. The molecule has 26 heavy (non-hydrogen) atoms. The first-order valence-electron chi connectivity index (χ1n) is 7.87. The van der Waals surface area contributed by atoms with Crippen molar-refractivity contribution in [3.8, 4) is 0 Å². The van der Waals surface area contributed by atoms with E-state index in [-0.39, 0.29) is 18.3 Å². The van der Waals surface area contributed by atoms with E-state index in [4.69, 9.17) is 16.3 Å². The number of Topliss-reactive ketones (excluding diaryl/α,β-unsaturated/α-hetero) is 1. The number of anilines is 1. The molecule has 1 amide bonds. The van der Waals surface area contributed by atoms with Crippen molar-refractivity contribution in [1.29, 1.82) is 0 Å². The van der Waals surface area contributed by atoms with E-state index in [1.807, 2.05) is 19.1 Å². The minimum absolute atomic E-state index is 0.195. The molecule has 2 aromatic rings. The fraction of sp³-hybridized carbons (Fsp3) is 0.150. The highest BCUT2D eigenvalue weighted by atomic mass is 35.5. The van der Waals surface area contributed by atoms with Crippen LogP contribution in [0.25, 0.3) is 6.08 Å². The maximum Gasteiger partial charge on any atom is 0.331 e. The van der Waals surface area contributed by atoms with Gasteiger partial charge in [0.15, 0.2) is 12.4 Å². The molecule has 5 nitrogen and oxygen atoms in total. The summed E-state index contributed by atoms with van der Waals surface area (Å²) in [4.78, 5) is 34.7. The summed E-state index contributed by atoms with van der Waals surface area (Å²) in [5.41, 5.74) is 2.69. The Morgan fingerprint density at radius 1 is 1.12 bits per heavy atom. The topological polar surface area (TPSA) is 72.5 Å². The van der Waals surface area contributed by atoms with Crippen LogP contribution in [0.15, 0.2) is 48.5 Å². The van der Waals surface area contributed by atoms with Gasteiger partial charge in [0.25, 0.3) is 0 Å². The average molecular weight is 372 g/mol. The quantitative estimate of drug-likeness (QED) is 0.472. The van der Waals surface area contributed by atoms with E-state index in [1.54, 1.807) is 36.4 Å². The normalized spacial score (nSPS) is 10.6. The van der Waals surface area contributed by atoms with Gasteiger partial charge in [-0.15, -0.1) is 0 Å². The standard InChI is InChI=1S/C20H18ClNO4/c1-13-3-4-15(11-18(13)21)5-10-20(25)26-12-19(24)16-6-8-17(9-7-16)22-14(2)23/h3-11H,12H2,1-2H3,(H,22,23)/b10-5+. The minimum Gasteiger partial charge on any atom is -0.454 e. The van der Waals surface area contributed by atoms with Gasteiger partial charge in [-0.1, -0.05) is 23.7 Å². The van der Waals surface area contributed by atoms with Crippen LogP contribution in [0, 0.1) is 6.92 Å². The number of esters is 1. The van der Waals surface area contributed by atoms with Crippen molar-refractivity contribution in [3.63, 3.8) is 0 Å². The molecule has 134 valence electrons. The average Bonchev–Trinajstić information content (AvgIpc) is 2.60. The van der Waals surface area contributed by atoms with E-state index in [0.717, 1.165) is 11.1 Å². The Morgan fingerprint density at radius 3 is 2.42 bits per heavy atom. The third kappa shape index (κ3) is 5.86. The molecule has 2 rings (SSSR count). The van der Waals surface area contributed by atoms with Crippen LogP contribution in [0.5, 0.6) is 0 Å². The third-order valence-electron chi connectivity index (χ3n) is 3.48. The maximum atomic E-state index is 12.0. The predicted octanol–water partition coefficient (Wildman–Crippen LogP) is 4.05. The maximum absolute atomic E-state index is 12.0. The van der Waals surface area contributed by atoms with Crippen LogP contribution in [0.2, 0.25) is 5.02 Å². The Hall–Kier alpha value is -2.92. The van der Waals surface area contributed by atoms with Crippen LogP contribution in [0.3, 0.4) is 0 Å². The summed E-state index contributed by atoms with van der Waals surface area (Å²) >= 11 is 6.02. The number of ether oxygens (including phenoxy) is 1. The first-order valence-corrected chi connectivity index (χ1v) is 8.25. The van der Waals surface area contributed by atoms with Crippen LogP contribution < -0.4 is 5.32 Å². The van der Waals surface area contributed by atoms with Gasteiger partial charge in [-0.3, -0.25) is 9.59 Å². The highest BCUT2D eigenvalue weighted by Crippen LogP contribution is 2.17. The molecule has 0 saturated carbocycles. The number of amides is 1. The molecule has 0 bridgehead atoms. The van der Waals surface area contributed by atoms with Gasteiger partial charge in [-0.2, -0.15) is 0 Å². The van der Waals surface area contributed by atoms with Crippen LogP contribution in [0.1, 0.15) is 28.4 Å². The summed E-state index contributed by atoms with van der Waals surface area (Å²) in [5.74, 6) is -1.15. The number of carbonyl (C=O) groups excluding carboxylic acids is 3.